The maximum atomic E-state index is 13.0. The van der Waals surface area contributed by atoms with E-state index in [1.54, 1.807) is 14.0 Å². The number of hydrogen-bond acceptors (Lipinski definition) is 8. The van der Waals surface area contributed by atoms with Gasteiger partial charge in [0.1, 0.15) is 12.4 Å². The molecule has 4 heterocycles. The fourth-order valence-electron chi connectivity index (χ4n) is 3.84. The van der Waals surface area contributed by atoms with Gasteiger partial charge in [-0.05, 0) is 31.0 Å². The van der Waals surface area contributed by atoms with Gasteiger partial charge in [0.25, 0.3) is 5.56 Å². The number of aromatic nitrogens is 6. The highest BCUT2D eigenvalue weighted by Gasteiger charge is 2.31. The van der Waals surface area contributed by atoms with E-state index in [2.05, 4.69) is 20.1 Å². The molecule has 0 spiro atoms. The summed E-state index contributed by atoms with van der Waals surface area (Å²) in [6.07, 6.45) is 0.692. The molecule has 31 heavy (non-hydrogen) atoms. The molecule has 0 saturated carbocycles. The summed E-state index contributed by atoms with van der Waals surface area (Å²) in [6, 6.07) is 7.61. The van der Waals surface area contributed by atoms with Gasteiger partial charge in [0.2, 0.25) is 11.8 Å². The average molecular weight is 442 g/mol. The number of imidazole rings is 1. The number of hydrogen-bond donors (Lipinski definition) is 1. The van der Waals surface area contributed by atoms with Gasteiger partial charge in [-0.1, -0.05) is 28.9 Å². The molecule has 10 nitrogen and oxygen atoms in total. The van der Waals surface area contributed by atoms with Gasteiger partial charge in [0, 0.05) is 18.0 Å². The Morgan fingerprint density at radius 2 is 2.00 bits per heavy atom. The van der Waals surface area contributed by atoms with E-state index in [-0.39, 0.29) is 30.1 Å². The number of ether oxygens (including phenoxy) is 1. The molecular weight excluding hydrogens is 422 g/mol. The van der Waals surface area contributed by atoms with E-state index in [9.17, 15) is 4.79 Å². The van der Waals surface area contributed by atoms with Crippen LogP contribution in [0.25, 0.3) is 11.2 Å². The van der Waals surface area contributed by atoms with E-state index >= 15 is 0 Å². The first-order chi connectivity index (χ1) is 14.9. The minimum atomic E-state index is -0.263. The van der Waals surface area contributed by atoms with Crippen LogP contribution in [0, 0.1) is 6.92 Å². The zero-order chi connectivity index (χ0) is 21.7. The van der Waals surface area contributed by atoms with Crippen molar-refractivity contribution in [2.24, 2.45) is 7.05 Å². The fraction of sp³-hybridized carbons (Fsp3) is 0.350. The van der Waals surface area contributed by atoms with Crippen LogP contribution in [0.5, 0.6) is 0 Å². The highest BCUT2D eigenvalue weighted by Crippen LogP contribution is 2.37. The minimum absolute atomic E-state index is 0.00785. The molecule has 0 aliphatic carbocycles. The second kappa shape index (κ2) is 7.47. The molecule has 2 N–H and O–H groups in total. The molecule has 5 rings (SSSR count). The Kier molecular flexibility index (Phi) is 4.75. The molecule has 1 saturated heterocycles. The van der Waals surface area contributed by atoms with Crippen LogP contribution in [0.3, 0.4) is 0 Å². The largest absolute Gasteiger partial charge is 0.373 e. The van der Waals surface area contributed by atoms with Gasteiger partial charge in [-0.3, -0.25) is 9.36 Å². The van der Waals surface area contributed by atoms with Crippen LogP contribution in [0.15, 0.2) is 33.6 Å². The fourth-order valence-corrected chi connectivity index (χ4v) is 3.97. The molecule has 1 aliphatic rings. The molecule has 1 aliphatic heterocycles. The highest BCUT2D eigenvalue weighted by atomic mass is 35.5. The summed E-state index contributed by atoms with van der Waals surface area (Å²) in [5, 5.41) is 4.81. The Labute approximate surface area is 181 Å². The SMILES string of the molecule is Cc1nc2nc(N)n(C)c2c(=O)n1Cc1nc([C@@H]2CO[C@@H](c3ccc(Cl)cc3)C2)no1. The van der Waals surface area contributed by atoms with Crippen molar-refractivity contribution in [2.75, 3.05) is 12.3 Å². The molecular formula is C20H20ClN7O3. The number of nitrogens with two attached hydrogens (primary N) is 1. The van der Waals surface area contributed by atoms with Crippen LogP contribution in [0.1, 0.15) is 41.5 Å². The Bertz CT molecular complexity index is 1330. The van der Waals surface area contributed by atoms with Gasteiger partial charge in [0.05, 0.1) is 12.7 Å². The molecule has 0 unspecified atom stereocenters. The maximum absolute atomic E-state index is 13.0. The molecule has 0 radical (unpaired) electrons. The van der Waals surface area contributed by atoms with Crippen molar-refractivity contribution in [3.63, 3.8) is 0 Å². The van der Waals surface area contributed by atoms with E-state index in [1.165, 1.54) is 9.13 Å². The van der Waals surface area contributed by atoms with Gasteiger partial charge in [-0.15, -0.1) is 0 Å². The number of aryl methyl sites for hydroxylation is 2. The Balaban J connectivity index is 1.37. The molecule has 0 amide bonds. The van der Waals surface area contributed by atoms with Crippen molar-refractivity contribution in [3.8, 4) is 0 Å². The topological polar surface area (TPSA) is 127 Å². The van der Waals surface area contributed by atoms with Crippen molar-refractivity contribution in [3.05, 3.63) is 62.7 Å². The lowest BCUT2D eigenvalue weighted by molar-refractivity contribution is 0.110. The van der Waals surface area contributed by atoms with E-state index in [0.717, 1.165) is 12.0 Å². The van der Waals surface area contributed by atoms with Gasteiger partial charge in [0.15, 0.2) is 17.0 Å². The number of anilines is 1. The quantitative estimate of drug-likeness (QED) is 0.511. The van der Waals surface area contributed by atoms with E-state index < -0.39 is 0 Å². The Morgan fingerprint density at radius 3 is 2.77 bits per heavy atom. The molecule has 4 aromatic rings. The third-order valence-electron chi connectivity index (χ3n) is 5.60. The summed E-state index contributed by atoms with van der Waals surface area (Å²) >= 11 is 5.96. The summed E-state index contributed by atoms with van der Waals surface area (Å²) in [4.78, 5) is 26.0. The van der Waals surface area contributed by atoms with Crippen LogP contribution in [-0.4, -0.2) is 35.8 Å². The van der Waals surface area contributed by atoms with Crippen molar-refractivity contribution in [2.45, 2.75) is 31.9 Å². The Morgan fingerprint density at radius 1 is 1.23 bits per heavy atom. The van der Waals surface area contributed by atoms with Crippen LogP contribution in [0.2, 0.25) is 5.02 Å². The second-order valence-corrected chi connectivity index (χ2v) is 8.04. The van der Waals surface area contributed by atoms with Crippen molar-refractivity contribution in [1.29, 1.82) is 0 Å². The lowest BCUT2D eigenvalue weighted by Crippen LogP contribution is -2.26. The summed E-state index contributed by atoms with van der Waals surface area (Å²) in [6.45, 7) is 2.33. The normalized spacial score (nSPS) is 18.8. The summed E-state index contributed by atoms with van der Waals surface area (Å²) in [5.41, 5.74) is 7.26. The first-order valence-electron chi connectivity index (χ1n) is 9.79. The third kappa shape index (κ3) is 3.47. The predicted molar refractivity (Wildman–Crippen MR) is 113 cm³/mol. The van der Waals surface area contributed by atoms with Crippen molar-refractivity contribution in [1.82, 2.24) is 29.2 Å². The number of fused-ring (bicyclic) bond motifs is 1. The van der Waals surface area contributed by atoms with Crippen molar-refractivity contribution >= 4 is 28.7 Å². The Hall–Kier alpha value is -3.24. The van der Waals surface area contributed by atoms with Crippen LogP contribution in [0.4, 0.5) is 5.95 Å². The van der Waals surface area contributed by atoms with Gasteiger partial charge >= 0.3 is 0 Å². The van der Waals surface area contributed by atoms with Gasteiger partial charge in [-0.25, -0.2) is 4.98 Å². The molecule has 160 valence electrons. The molecule has 2 atom stereocenters. The van der Waals surface area contributed by atoms with Gasteiger partial charge < -0.3 is 19.6 Å². The monoisotopic (exact) mass is 441 g/mol. The summed E-state index contributed by atoms with van der Waals surface area (Å²) in [5.74, 6) is 1.62. The molecule has 1 aromatic carbocycles. The number of halogens is 1. The zero-order valence-electron chi connectivity index (χ0n) is 16.9. The van der Waals surface area contributed by atoms with Crippen LogP contribution >= 0.6 is 11.6 Å². The molecule has 0 bridgehead atoms. The van der Waals surface area contributed by atoms with Crippen LogP contribution in [-0.2, 0) is 18.3 Å². The summed E-state index contributed by atoms with van der Waals surface area (Å²) < 4.78 is 14.3. The van der Waals surface area contributed by atoms with E-state index in [0.29, 0.717) is 40.3 Å². The van der Waals surface area contributed by atoms with Crippen molar-refractivity contribution < 1.29 is 9.26 Å². The maximum Gasteiger partial charge on any atom is 0.280 e. The minimum Gasteiger partial charge on any atom is -0.373 e. The van der Waals surface area contributed by atoms with Gasteiger partial charge in [-0.2, -0.15) is 9.97 Å². The smallest absolute Gasteiger partial charge is 0.280 e. The first kappa shape index (κ1) is 19.7. The number of rotatable bonds is 4. The lowest BCUT2D eigenvalue weighted by atomic mass is 10.0. The van der Waals surface area contributed by atoms with Crippen LogP contribution < -0.4 is 11.3 Å². The third-order valence-corrected chi connectivity index (χ3v) is 5.85. The standard InChI is InChI=1S/C20H20ClN7O3/c1-10-23-18-16(27(2)20(22)25-18)19(29)28(10)8-15-24-17(26-31-15)12-7-14(30-9-12)11-3-5-13(21)6-4-11/h3-6,12,14H,7-9H2,1-2H3,(H2,22,25)/t12-,14+/m0/s1. The zero-order valence-corrected chi connectivity index (χ0v) is 17.7. The van der Waals surface area contributed by atoms with E-state index in [4.69, 9.17) is 26.6 Å². The molecule has 1 fully saturated rings. The number of nitrogen functional groups attached to an aromatic ring is 1. The number of benzene rings is 1. The highest BCUT2D eigenvalue weighted by molar-refractivity contribution is 6.30. The average Bonchev–Trinajstić information content (AvgIpc) is 3.46. The molecule has 11 heteroatoms. The first-order valence-corrected chi connectivity index (χ1v) is 10.2. The lowest BCUT2D eigenvalue weighted by Gasteiger charge is -2.09. The molecule has 3 aromatic heterocycles. The summed E-state index contributed by atoms with van der Waals surface area (Å²) in [7, 11) is 1.68. The second-order valence-electron chi connectivity index (χ2n) is 7.60. The number of nitrogens with zero attached hydrogens (tertiary/aromatic N) is 6. The predicted octanol–water partition coefficient (Wildman–Crippen LogP) is 2.35. The van der Waals surface area contributed by atoms with E-state index in [1.807, 2.05) is 24.3 Å².